The van der Waals surface area contributed by atoms with E-state index in [2.05, 4.69) is 46.9 Å². The predicted molar refractivity (Wildman–Crippen MR) is 109 cm³/mol. The maximum Gasteiger partial charge on any atom is 0.176 e. The fourth-order valence-corrected chi connectivity index (χ4v) is 2.81. The molecule has 1 heterocycles. The smallest absolute Gasteiger partial charge is 0.176 e. The number of rotatable bonds is 4. The molecule has 128 valence electrons. The van der Waals surface area contributed by atoms with Gasteiger partial charge in [0.25, 0.3) is 0 Å². The van der Waals surface area contributed by atoms with Crippen molar-refractivity contribution in [2.45, 2.75) is 13.5 Å². The number of hydrogen-bond donors (Lipinski definition) is 2. The highest BCUT2D eigenvalue weighted by Gasteiger charge is 2.06. The summed E-state index contributed by atoms with van der Waals surface area (Å²) in [5.74, 6) is 0.655. The van der Waals surface area contributed by atoms with Gasteiger partial charge in [-0.15, -0.1) is 0 Å². The lowest BCUT2D eigenvalue weighted by atomic mass is 10.1. The Kier molecular flexibility index (Phi) is 5.58. The van der Waals surface area contributed by atoms with Crippen LogP contribution in [-0.2, 0) is 6.54 Å². The molecule has 0 aliphatic carbocycles. The van der Waals surface area contributed by atoms with Crippen molar-refractivity contribution in [2.24, 2.45) is 0 Å². The van der Waals surface area contributed by atoms with E-state index in [-0.39, 0.29) is 0 Å². The first-order chi connectivity index (χ1) is 12.0. The molecule has 3 rings (SSSR count). The number of aryl methyl sites for hydroxylation is 1. The van der Waals surface area contributed by atoms with Gasteiger partial charge in [0.2, 0.25) is 0 Å². The van der Waals surface area contributed by atoms with Crippen LogP contribution in [0.4, 0.5) is 11.5 Å². The number of nitrogens with one attached hydrogen (secondary N) is 2. The molecule has 0 saturated carbocycles. The van der Waals surface area contributed by atoms with E-state index in [9.17, 15) is 0 Å². The molecule has 4 nitrogen and oxygen atoms in total. The van der Waals surface area contributed by atoms with Crippen molar-refractivity contribution < 1.29 is 0 Å². The summed E-state index contributed by atoms with van der Waals surface area (Å²) in [5, 5.41) is 12.0. The Balaban J connectivity index is 1.61. The zero-order valence-electron chi connectivity index (χ0n) is 13.5. The maximum absolute atomic E-state index is 6.12. The van der Waals surface area contributed by atoms with Crippen LogP contribution in [0.25, 0.3) is 0 Å². The Labute approximate surface area is 161 Å². The fourth-order valence-electron chi connectivity index (χ4n) is 2.26. The predicted octanol–water partition coefficient (Wildman–Crippen LogP) is 5.36. The number of aromatic nitrogens is 2. The molecule has 0 fully saturated rings. The number of anilines is 2. The monoisotopic (exact) mass is 390 g/mol. The molecule has 0 atom stereocenters. The maximum atomic E-state index is 6.12. The van der Waals surface area contributed by atoms with E-state index in [0.717, 1.165) is 0 Å². The highest BCUT2D eigenvalue weighted by molar-refractivity contribution is 7.80. The van der Waals surface area contributed by atoms with Crippen LogP contribution < -0.4 is 10.6 Å². The minimum Gasteiger partial charge on any atom is -0.331 e. The van der Waals surface area contributed by atoms with Gasteiger partial charge in [0.1, 0.15) is 0 Å². The second-order valence-electron chi connectivity index (χ2n) is 5.59. The molecule has 1 aromatic heterocycles. The van der Waals surface area contributed by atoms with Gasteiger partial charge in [-0.1, -0.05) is 53.0 Å². The van der Waals surface area contributed by atoms with Crippen LogP contribution in [0.15, 0.2) is 54.7 Å². The van der Waals surface area contributed by atoms with Crippen molar-refractivity contribution >= 4 is 52.0 Å². The zero-order valence-corrected chi connectivity index (χ0v) is 15.8. The molecule has 0 radical (unpaired) electrons. The summed E-state index contributed by atoms with van der Waals surface area (Å²) in [6.45, 7) is 2.77. The lowest BCUT2D eigenvalue weighted by molar-refractivity contribution is 0.690. The van der Waals surface area contributed by atoms with E-state index < -0.39 is 0 Å². The van der Waals surface area contributed by atoms with Crippen molar-refractivity contribution in [3.05, 3.63) is 75.9 Å². The third-order valence-electron chi connectivity index (χ3n) is 3.52. The summed E-state index contributed by atoms with van der Waals surface area (Å²) in [5.41, 5.74) is 3.07. The topological polar surface area (TPSA) is 41.9 Å². The summed E-state index contributed by atoms with van der Waals surface area (Å²) in [4.78, 5) is 0. The largest absolute Gasteiger partial charge is 0.331 e. The highest BCUT2D eigenvalue weighted by atomic mass is 35.5. The number of halogens is 2. The molecule has 0 spiro atoms. The molecule has 0 aliphatic rings. The van der Waals surface area contributed by atoms with Crippen LogP contribution >= 0.6 is 35.4 Å². The Morgan fingerprint density at radius 1 is 1.08 bits per heavy atom. The van der Waals surface area contributed by atoms with Gasteiger partial charge in [-0.3, -0.25) is 4.68 Å². The molecule has 0 saturated heterocycles. The summed E-state index contributed by atoms with van der Waals surface area (Å²) >= 11 is 17.4. The molecular weight excluding hydrogens is 375 g/mol. The van der Waals surface area contributed by atoms with Gasteiger partial charge in [0.15, 0.2) is 10.9 Å². The van der Waals surface area contributed by atoms with Gasteiger partial charge in [-0.25, -0.2) is 0 Å². The van der Waals surface area contributed by atoms with E-state index in [1.54, 1.807) is 18.2 Å². The van der Waals surface area contributed by atoms with Crippen LogP contribution in [0.1, 0.15) is 11.1 Å². The molecule has 0 amide bonds. The number of hydrogen-bond acceptors (Lipinski definition) is 2. The van der Waals surface area contributed by atoms with E-state index in [1.807, 2.05) is 16.9 Å². The van der Waals surface area contributed by atoms with Gasteiger partial charge in [-0.05, 0) is 42.9 Å². The molecule has 2 aromatic carbocycles. The summed E-state index contributed by atoms with van der Waals surface area (Å²) in [7, 11) is 0. The number of thiocarbonyl (C=S) groups is 1. The van der Waals surface area contributed by atoms with Crippen LogP contribution in [0.5, 0.6) is 0 Å². The zero-order chi connectivity index (χ0) is 17.8. The van der Waals surface area contributed by atoms with Crippen molar-refractivity contribution in [2.75, 3.05) is 10.6 Å². The van der Waals surface area contributed by atoms with Crippen molar-refractivity contribution in [3.8, 4) is 0 Å². The fraction of sp³-hybridized carbons (Fsp3) is 0.111. The van der Waals surface area contributed by atoms with Gasteiger partial charge < -0.3 is 10.6 Å². The van der Waals surface area contributed by atoms with Crippen molar-refractivity contribution in [1.82, 2.24) is 9.78 Å². The number of benzene rings is 2. The molecule has 7 heteroatoms. The van der Waals surface area contributed by atoms with Crippen LogP contribution in [-0.4, -0.2) is 14.9 Å². The van der Waals surface area contributed by atoms with E-state index in [0.29, 0.717) is 33.2 Å². The lowest BCUT2D eigenvalue weighted by Gasteiger charge is -2.10. The number of nitrogens with zero attached hydrogens (tertiary/aromatic N) is 2. The summed E-state index contributed by atoms with van der Waals surface area (Å²) in [6, 6.07) is 15.4. The molecule has 0 bridgehead atoms. The standard InChI is InChI=1S/C18H16Cl2N4S/c1-12-2-4-13(5-3-12)11-24-9-8-17(23-24)22-18(25)21-16-10-14(19)6-7-15(16)20/h2-10H,11H2,1H3,(H2,21,22,23,25). The van der Waals surface area contributed by atoms with Crippen molar-refractivity contribution in [3.63, 3.8) is 0 Å². The van der Waals surface area contributed by atoms with Crippen LogP contribution in [0.3, 0.4) is 0 Å². The third kappa shape index (κ3) is 4.95. The Hall–Kier alpha value is -2.08. The van der Waals surface area contributed by atoms with Gasteiger partial charge in [0, 0.05) is 17.3 Å². The summed E-state index contributed by atoms with van der Waals surface area (Å²) < 4.78 is 1.85. The van der Waals surface area contributed by atoms with Gasteiger partial charge in [-0.2, -0.15) is 5.10 Å². The molecule has 0 unspecified atom stereocenters. The summed E-state index contributed by atoms with van der Waals surface area (Å²) in [6.07, 6.45) is 1.90. The van der Waals surface area contributed by atoms with Crippen molar-refractivity contribution in [1.29, 1.82) is 0 Å². The quantitative estimate of drug-likeness (QED) is 0.588. The lowest BCUT2D eigenvalue weighted by Crippen LogP contribution is -2.19. The van der Waals surface area contributed by atoms with E-state index >= 15 is 0 Å². The SMILES string of the molecule is Cc1ccc(Cn2ccc(NC(=S)Nc3cc(Cl)ccc3Cl)n2)cc1. The second-order valence-corrected chi connectivity index (χ2v) is 6.84. The second kappa shape index (κ2) is 7.87. The third-order valence-corrected chi connectivity index (χ3v) is 4.29. The molecule has 0 aliphatic heterocycles. The Bertz CT molecular complexity index is 890. The first kappa shape index (κ1) is 17.7. The van der Waals surface area contributed by atoms with Gasteiger partial charge >= 0.3 is 0 Å². The molecular formula is C18H16Cl2N4S. The average Bonchev–Trinajstić information content (AvgIpc) is 3.00. The normalized spacial score (nSPS) is 10.5. The first-order valence-electron chi connectivity index (χ1n) is 7.62. The highest BCUT2D eigenvalue weighted by Crippen LogP contribution is 2.25. The first-order valence-corrected chi connectivity index (χ1v) is 8.78. The van der Waals surface area contributed by atoms with E-state index in [1.165, 1.54) is 11.1 Å². The van der Waals surface area contributed by atoms with Crippen LogP contribution in [0.2, 0.25) is 10.0 Å². The molecule has 2 N–H and O–H groups in total. The average molecular weight is 391 g/mol. The minimum absolute atomic E-state index is 0.393. The Morgan fingerprint density at radius 3 is 2.60 bits per heavy atom. The Morgan fingerprint density at radius 2 is 1.84 bits per heavy atom. The van der Waals surface area contributed by atoms with Gasteiger partial charge in [0.05, 0.1) is 17.3 Å². The van der Waals surface area contributed by atoms with E-state index in [4.69, 9.17) is 35.4 Å². The molecule has 3 aromatic rings. The minimum atomic E-state index is 0.393. The molecule has 25 heavy (non-hydrogen) atoms. The van der Waals surface area contributed by atoms with Crippen LogP contribution in [0, 0.1) is 6.92 Å².